The highest BCUT2D eigenvalue weighted by atomic mass is 35.5. The maximum Gasteiger partial charge on any atom is 0.269 e. The number of carbonyl (C=O) groups excluding carboxylic acids is 2. The van der Waals surface area contributed by atoms with Crippen LogP contribution in [0.1, 0.15) is 58.3 Å². The normalized spacial score (nSPS) is 10.9. The number of nitro groups is 1. The Labute approximate surface area is 192 Å². The van der Waals surface area contributed by atoms with Crippen LogP contribution >= 0.6 is 12.4 Å². The van der Waals surface area contributed by atoms with E-state index in [-0.39, 0.29) is 48.5 Å². The molecular formula is C22H37ClN4O4. The first-order chi connectivity index (χ1) is 14.1. The third-order valence-electron chi connectivity index (χ3n) is 5.14. The Morgan fingerprint density at radius 3 is 1.90 bits per heavy atom. The number of hydrogen-bond donors (Lipinski definition) is 0. The summed E-state index contributed by atoms with van der Waals surface area (Å²) in [6.45, 7) is 15.2. The average Bonchev–Trinajstić information content (AvgIpc) is 2.69. The first-order valence-corrected chi connectivity index (χ1v) is 10.7. The van der Waals surface area contributed by atoms with Gasteiger partial charge in [-0.05, 0) is 65.9 Å². The predicted molar refractivity (Wildman–Crippen MR) is 126 cm³/mol. The maximum atomic E-state index is 13.1. The van der Waals surface area contributed by atoms with E-state index in [1.54, 1.807) is 9.80 Å². The van der Waals surface area contributed by atoms with Crippen LogP contribution in [0.3, 0.4) is 0 Å². The molecule has 0 N–H and O–H groups in total. The fraction of sp³-hybridized carbons (Fsp3) is 0.636. The summed E-state index contributed by atoms with van der Waals surface area (Å²) >= 11 is 0. The van der Waals surface area contributed by atoms with Crippen LogP contribution in [-0.4, -0.2) is 76.2 Å². The number of benzene rings is 1. The number of hydrogen-bond acceptors (Lipinski definition) is 5. The molecule has 0 fully saturated rings. The van der Waals surface area contributed by atoms with Crippen LogP contribution in [0, 0.1) is 10.1 Å². The number of carbonyl (C=O) groups is 2. The Morgan fingerprint density at radius 1 is 0.968 bits per heavy atom. The highest BCUT2D eigenvalue weighted by Gasteiger charge is 2.25. The number of nitrogens with zero attached hydrogens (tertiary/aromatic N) is 4. The van der Waals surface area contributed by atoms with Crippen LogP contribution in [0.15, 0.2) is 24.3 Å². The lowest BCUT2D eigenvalue weighted by Crippen LogP contribution is -2.48. The standard InChI is InChI=1S/C22H36N4O4.ClH/c1-7-23(8-2)14-9-15-24(16-21(27)25(17(3)4)18(5)6)22(28)19-10-12-20(13-11-19)26(29)30;/h10-13,17-18H,7-9,14-16H2,1-6H3;1H. The number of rotatable bonds is 12. The van der Waals surface area contributed by atoms with Gasteiger partial charge in [0.05, 0.1) is 4.92 Å². The fourth-order valence-electron chi connectivity index (χ4n) is 3.60. The van der Waals surface area contributed by atoms with Crippen molar-refractivity contribution in [3.05, 3.63) is 39.9 Å². The summed E-state index contributed by atoms with van der Waals surface area (Å²) in [6, 6.07) is 5.60. The summed E-state index contributed by atoms with van der Waals surface area (Å²) in [5.74, 6) is -0.386. The summed E-state index contributed by atoms with van der Waals surface area (Å²) in [5, 5.41) is 10.9. The maximum absolute atomic E-state index is 13.1. The van der Waals surface area contributed by atoms with E-state index in [2.05, 4.69) is 18.7 Å². The van der Waals surface area contributed by atoms with E-state index in [4.69, 9.17) is 0 Å². The molecule has 31 heavy (non-hydrogen) atoms. The topological polar surface area (TPSA) is 87.0 Å². The van der Waals surface area contributed by atoms with E-state index in [0.29, 0.717) is 12.1 Å². The van der Waals surface area contributed by atoms with Crippen LogP contribution in [0.5, 0.6) is 0 Å². The molecule has 0 aliphatic heterocycles. The second-order valence-electron chi connectivity index (χ2n) is 7.90. The molecule has 0 aliphatic carbocycles. The van der Waals surface area contributed by atoms with Gasteiger partial charge in [0.2, 0.25) is 5.91 Å². The Kier molecular flexibility index (Phi) is 13.0. The van der Waals surface area contributed by atoms with Gasteiger partial charge in [-0.15, -0.1) is 12.4 Å². The molecule has 8 nitrogen and oxygen atoms in total. The molecule has 1 aromatic carbocycles. The molecule has 0 radical (unpaired) electrons. The molecular weight excluding hydrogens is 420 g/mol. The number of non-ortho nitro benzene ring substituents is 1. The van der Waals surface area contributed by atoms with E-state index < -0.39 is 4.92 Å². The van der Waals surface area contributed by atoms with Gasteiger partial charge in [-0.3, -0.25) is 19.7 Å². The smallest absolute Gasteiger partial charge is 0.269 e. The number of nitro benzene ring substituents is 1. The molecule has 0 saturated carbocycles. The summed E-state index contributed by atoms with van der Waals surface area (Å²) in [4.78, 5) is 42.1. The van der Waals surface area contributed by atoms with E-state index in [9.17, 15) is 19.7 Å². The number of amides is 2. The molecule has 0 saturated heterocycles. The van der Waals surface area contributed by atoms with Crippen molar-refractivity contribution < 1.29 is 14.5 Å². The molecule has 176 valence electrons. The van der Waals surface area contributed by atoms with E-state index in [0.717, 1.165) is 26.1 Å². The molecule has 0 bridgehead atoms. The average molecular weight is 457 g/mol. The third-order valence-corrected chi connectivity index (χ3v) is 5.14. The van der Waals surface area contributed by atoms with Crippen LogP contribution in [0.2, 0.25) is 0 Å². The summed E-state index contributed by atoms with van der Waals surface area (Å²) < 4.78 is 0. The van der Waals surface area contributed by atoms with Gasteiger partial charge in [0.1, 0.15) is 6.54 Å². The minimum absolute atomic E-state index is 0. The molecule has 0 atom stereocenters. The van der Waals surface area contributed by atoms with Crippen molar-refractivity contribution in [1.82, 2.24) is 14.7 Å². The molecule has 1 rings (SSSR count). The zero-order chi connectivity index (χ0) is 22.8. The van der Waals surface area contributed by atoms with Crippen molar-refractivity contribution in [3.63, 3.8) is 0 Å². The highest BCUT2D eigenvalue weighted by Crippen LogP contribution is 2.15. The predicted octanol–water partition coefficient (Wildman–Crippen LogP) is 3.84. The zero-order valence-electron chi connectivity index (χ0n) is 19.5. The third kappa shape index (κ3) is 8.83. The minimum atomic E-state index is -0.497. The lowest BCUT2D eigenvalue weighted by molar-refractivity contribution is -0.384. The fourth-order valence-corrected chi connectivity index (χ4v) is 3.60. The van der Waals surface area contributed by atoms with Crippen LogP contribution in [-0.2, 0) is 4.79 Å². The summed E-state index contributed by atoms with van der Waals surface area (Å²) in [7, 11) is 0. The van der Waals surface area contributed by atoms with Crippen LogP contribution < -0.4 is 0 Å². The molecule has 0 unspecified atom stereocenters. The molecule has 0 spiro atoms. The van der Waals surface area contributed by atoms with Crippen molar-refractivity contribution in [2.45, 2.75) is 60.0 Å². The lowest BCUT2D eigenvalue weighted by atomic mass is 10.1. The van der Waals surface area contributed by atoms with Gasteiger partial charge in [0.25, 0.3) is 11.6 Å². The molecule has 0 aromatic heterocycles. The lowest BCUT2D eigenvalue weighted by Gasteiger charge is -2.33. The van der Waals surface area contributed by atoms with Crippen LogP contribution in [0.25, 0.3) is 0 Å². The first-order valence-electron chi connectivity index (χ1n) is 10.7. The minimum Gasteiger partial charge on any atom is -0.336 e. The highest BCUT2D eigenvalue weighted by molar-refractivity contribution is 5.96. The van der Waals surface area contributed by atoms with Gasteiger partial charge in [0, 0.05) is 36.3 Å². The SMILES string of the molecule is CCN(CC)CCCN(CC(=O)N(C(C)C)C(C)C)C(=O)c1ccc([N+](=O)[O-])cc1.Cl. The summed E-state index contributed by atoms with van der Waals surface area (Å²) in [5.41, 5.74) is 0.276. The van der Waals surface area contributed by atoms with Gasteiger partial charge in [-0.2, -0.15) is 0 Å². The molecule has 9 heteroatoms. The quantitative estimate of drug-likeness (QED) is 0.352. The van der Waals surface area contributed by atoms with E-state index in [1.165, 1.54) is 24.3 Å². The Bertz CT molecular complexity index is 698. The molecule has 1 aromatic rings. The largest absolute Gasteiger partial charge is 0.336 e. The van der Waals surface area contributed by atoms with Crippen LogP contribution in [0.4, 0.5) is 5.69 Å². The van der Waals surface area contributed by atoms with Crippen molar-refractivity contribution in [1.29, 1.82) is 0 Å². The van der Waals surface area contributed by atoms with E-state index >= 15 is 0 Å². The second-order valence-corrected chi connectivity index (χ2v) is 7.90. The van der Waals surface area contributed by atoms with Gasteiger partial charge in [-0.25, -0.2) is 0 Å². The van der Waals surface area contributed by atoms with E-state index in [1.807, 2.05) is 27.7 Å². The molecule has 0 heterocycles. The summed E-state index contributed by atoms with van der Waals surface area (Å²) in [6.07, 6.45) is 0.747. The van der Waals surface area contributed by atoms with Gasteiger partial charge < -0.3 is 14.7 Å². The van der Waals surface area contributed by atoms with Crippen molar-refractivity contribution in [3.8, 4) is 0 Å². The Hall–Kier alpha value is -2.19. The monoisotopic (exact) mass is 456 g/mol. The van der Waals surface area contributed by atoms with Gasteiger partial charge in [-0.1, -0.05) is 13.8 Å². The molecule has 0 aliphatic rings. The zero-order valence-corrected chi connectivity index (χ0v) is 20.4. The number of halogens is 1. The second kappa shape index (κ2) is 14.0. The molecule has 2 amide bonds. The van der Waals surface area contributed by atoms with Gasteiger partial charge in [0.15, 0.2) is 0 Å². The van der Waals surface area contributed by atoms with Crippen molar-refractivity contribution in [2.24, 2.45) is 0 Å². The van der Waals surface area contributed by atoms with Crippen molar-refractivity contribution >= 4 is 29.9 Å². The Balaban J connectivity index is 0.00000900. The first kappa shape index (κ1) is 28.8. The Morgan fingerprint density at radius 2 is 1.48 bits per heavy atom. The van der Waals surface area contributed by atoms with Crippen molar-refractivity contribution in [2.75, 3.05) is 32.7 Å². The van der Waals surface area contributed by atoms with Gasteiger partial charge >= 0.3 is 0 Å².